The molecule has 1 aliphatic rings. The second-order valence-corrected chi connectivity index (χ2v) is 7.13. The number of hydrogen-bond donors (Lipinski definition) is 1. The topological polar surface area (TPSA) is 101 Å². The van der Waals surface area contributed by atoms with Gasteiger partial charge in [-0.05, 0) is 45.6 Å². The van der Waals surface area contributed by atoms with Crippen LogP contribution in [0.1, 0.15) is 49.0 Å². The van der Waals surface area contributed by atoms with E-state index in [4.69, 9.17) is 0 Å². The molecule has 1 saturated heterocycles. The van der Waals surface area contributed by atoms with Crippen LogP contribution in [0, 0.1) is 13.8 Å². The lowest BCUT2D eigenvalue weighted by molar-refractivity contribution is -0.155. The minimum atomic E-state index is -4.68. The number of aryl methyl sites for hydroxylation is 2. The molecule has 11 heteroatoms. The zero-order valence-corrected chi connectivity index (χ0v) is 15.7. The van der Waals surface area contributed by atoms with Crippen molar-refractivity contribution in [2.45, 2.75) is 58.2 Å². The van der Waals surface area contributed by atoms with E-state index in [1.54, 1.807) is 13.8 Å². The fraction of sp³-hybridized carbons (Fsp3) is 0.588. The first-order valence-electron chi connectivity index (χ1n) is 8.79. The van der Waals surface area contributed by atoms with Crippen molar-refractivity contribution < 1.29 is 27.9 Å². The van der Waals surface area contributed by atoms with Gasteiger partial charge in [0.05, 0.1) is 0 Å². The Morgan fingerprint density at radius 2 is 1.93 bits per heavy atom. The quantitative estimate of drug-likeness (QED) is 0.846. The summed E-state index contributed by atoms with van der Waals surface area (Å²) in [5, 5.41) is 12.9. The van der Waals surface area contributed by atoms with E-state index in [1.807, 2.05) is 0 Å². The van der Waals surface area contributed by atoms with Crippen LogP contribution in [0.5, 0.6) is 0 Å². The van der Waals surface area contributed by atoms with Gasteiger partial charge in [-0.1, -0.05) is 0 Å². The van der Waals surface area contributed by atoms with Crippen molar-refractivity contribution in [2.24, 2.45) is 0 Å². The van der Waals surface area contributed by atoms with E-state index in [1.165, 1.54) is 11.8 Å². The van der Waals surface area contributed by atoms with Gasteiger partial charge in [-0.3, -0.25) is 4.79 Å². The van der Waals surface area contributed by atoms with Crippen LogP contribution in [0.2, 0.25) is 0 Å². The van der Waals surface area contributed by atoms with E-state index in [0.717, 1.165) is 4.52 Å². The first kappa shape index (κ1) is 20.0. The zero-order valence-electron chi connectivity index (χ0n) is 15.7. The van der Waals surface area contributed by atoms with Crippen LogP contribution >= 0.6 is 0 Å². The predicted molar refractivity (Wildman–Crippen MR) is 90.6 cm³/mol. The maximum absolute atomic E-state index is 12.9. The highest BCUT2D eigenvalue weighted by Gasteiger charge is 2.45. The molecule has 0 saturated carbocycles. The number of carboxylic acids is 1. The molecule has 8 nitrogen and oxygen atoms in total. The number of carbonyl (C=O) groups excluding carboxylic acids is 1. The number of hydrogen-bond acceptors (Lipinski definition) is 5. The van der Waals surface area contributed by atoms with Crippen LogP contribution in [0.3, 0.4) is 0 Å². The molecule has 1 N–H and O–H groups in total. The minimum Gasteiger partial charge on any atom is -0.480 e. The van der Waals surface area contributed by atoms with Gasteiger partial charge in [0.25, 0.3) is 11.6 Å². The third-order valence-corrected chi connectivity index (χ3v) is 5.29. The highest BCUT2D eigenvalue weighted by Crippen LogP contribution is 2.31. The number of fused-ring (bicyclic) bond motifs is 1. The predicted octanol–water partition coefficient (Wildman–Crippen LogP) is 2.16. The first-order chi connectivity index (χ1) is 12.9. The molecule has 0 aromatic carbocycles. The molecule has 3 rings (SSSR count). The van der Waals surface area contributed by atoms with Crippen molar-refractivity contribution in [3.05, 3.63) is 22.8 Å². The van der Waals surface area contributed by atoms with Crippen LogP contribution in [-0.2, 0) is 22.2 Å². The lowest BCUT2D eigenvalue weighted by Gasteiger charge is -2.31. The molecular formula is C17H20F3N5O3. The maximum atomic E-state index is 12.9. The van der Waals surface area contributed by atoms with Crippen LogP contribution in [-0.4, -0.2) is 53.5 Å². The van der Waals surface area contributed by atoms with E-state index in [9.17, 15) is 27.9 Å². The Labute approximate surface area is 158 Å². The average Bonchev–Trinajstić information content (AvgIpc) is 3.18. The Kier molecular flexibility index (Phi) is 4.80. The number of alkyl halides is 3. The summed E-state index contributed by atoms with van der Waals surface area (Å²) in [5.74, 6) is -2.78. The highest BCUT2D eigenvalue weighted by atomic mass is 19.4. The highest BCUT2D eigenvalue weighted by molar-refractivity contribution is 5.87. The number of carboxylic acid groups (broad SMARTS) is 1. The minimum absolute atomic E-state index is 0.0264. The van der Waals surface area contributed by atoms with Gasteiger partial charge in [-0.2, -0.15) is 18.2 Å². The van der Waals surface area contributed by atoms with E-state index >= 15 is 0 Å². The molecule has 0 spiro atoms. The Morgan fingerprint density at radius 1 is 1.25 bits per heavy atom. The summed E-state index contributed by atoms with van der Waals surface area (Å²) in [7, 11) is 0. The number of aliphatic carboxylic acids is 1. The summed E-state index contributed by atoms with van der Waals surface area (Å²) >= 11 is 0. The van der Waals surface area contributed by atoms with Crippen molar-refractivity contribution in [2.75, 3.05) is 6.54 Å². The second-order valence-electron chi connectivity index (χ2n) is 7.13. The Hall–Kier alpha value is -2.72. The smallest absolute Gasteiger partial charge is 0.453 e. The van der Waals surface area contributed by atoms with Crippen molar-refractivity contribution in [3.63, 3.8) is 0 Å². The van der Waals surface area contributed by atoms with E-state index in [-0.39, 0.29) is 24.5 Å². The number of amides is 1. The van der Waals surface area contributed by atoms with Crippen LogP contribution in [0.15, 0.2) is 0 Å². The average molecular weight is 399 g/mol. The van der Waals surface area contributed by atoms with Crippen molar-refractivity contribution in [1.82, 2.24) is 24.5 Å². The molecule has 1 atom stereocenters. The Balaban J connectivity index is 1.84. The number of rotatable bonds is 4. The van der Waals surface area contributed by atoms with Gasteiger partial charge in [0.2, 0.25) is 5.91 Å². The fourth-order valence-electron chi connectivity index (χ4n) is 3.64. The summed E-state index contributed by atoms with van der Waals surface area (Å²) in [6, 6.07) is 0. The largest absolute Gasteiger partial charge is 0.480 e. The summed E-state index contributed by atoms with van der Waals surface area (Å²) in [5.41, 5.74) is 0.245. The third kappa shape index (κ3) is 3.29. The van der Waals surface area contributed by atoms with Crippen molar-refractivity contribution in [3.8, 4) is 0 Å². The lowest BCUT2D eigenvalue weighted by Crippen LogP contribution is -2.50. The molecule has 0 bridgehead atoms. The van der Waals surface area contributed by atoms with Gasteiger partial charge in [-0.25, -0.2) is 14.3 Å². The standard InChI is InChI=1S/C17H20F3N5O3/c1-9-11(5-6-12(26)24-8-4-7-16(24,3)14(27)28)10(2)25-15(21-9)22-13(23-25)17(18,19)20/h4-8H2,1-3H3,(H,27,28). The SMILES string of the molecule is Cc1nc2nc(C(F)(F)F)nn2c(C)c1CCC(=O)N1CCCC1(C)C(=O)O. The number of aromatic nitrogens is 4. The van der Waals surface area contributed by atoms with Gasteiger partial charge in [0.15, 0.2) is 0 Å². The van der Waals surface area contributed by atoms with E-state index in [2.05, 4.69) is 15.1 Å². The lowest BCUT2D eigenvalue weighted by atomic mass is 9.98. The third-order valence-electron chi connectivity index (χ3n) is 5.29. The first-order valence-corrected chi connectivity index (χ1v) is 8.79. The molecule has 28 heavy (non-hydrogen) atoms. The summed E-state index contributed by atoms with van der Waals surface area (Å²) in [6.45, 7) is 5.12. The van der Waals surface area contributed by atoms with Crippen LogP contribution < -0.4 is 0 Å². The van der Waals surface area contributed by atoms with Gasteiger partial charge in [0.1, 0.15) is 5.54 Å². The summed E-state index contributed by atoms with van der Waals surface area (Å²) in [6.07, 6.45) is -3.44. The normalized spacial score (nSPS) is 20.1. The van der Waals surface area contributed by atoms with Crippen LogP contribution in [0.25, 0.3) is 5.78 Å². The van der Waals surface area contributed by atoms with Gasteiger partial charge < -0.3 is 10.0 Å². The number of halogens is 3. The number of carbonyl (C=O) groups is 2. The van der Waals surface area contributed by atoms with Crippen molar-refractivity contribution >= 4 is 17.7 Å². The maximum Gasteiger partial charge on any atom is 0.453 e. The monoisotopic (exact) mass is 399 g/mol. The molecular weight excluding hydrogens is 379 g/mol. The van der Waals surface area contributed by atoms with Crippen LogP contribution in [0.4, 0.5) is 13.2 Å². The molecule has 1 fully saturated rings. The Bertz CT molecular complexity index is 956. The Morgan fingerprint density at radius 3 is 2.54 bits per heavy atom. The molecule has 3 heterocycles. The number of likely N-dealkylation sites (tertiary alicyclic amines) is 1. The fourth-order valence-corrected chi connectivity index (χ4v) is 3.64. The van der Waals surface area contributed by atoms with Crippen molar-refractivity contribution in [1.29, 1.82) is 0 Å². The summed E-state index contributed by atoms with van der Waals surface area (Å²) in [4.78, 5) is 33.0. The van der Waals surface area contributed by atoms with E-state index in [0.29, 0.717) is 36.3 Å². The molecule has 2 aromatic heterocycles. The van der Waals surface area contributed by atoms with Gasteiger partial charge in [-0.15, -0.1) is 5.10 Å². The van der Waals surface area contributed by atoms with Gasteiger partial charge in [0, 0.05) is 24.4 Å². The molecule has 1 amide bonds. The molecule has 0 aliphatic carbocycles. The molecule has 1 aliphatic heterocycles. The zero-order chi connectivity index (χ0) is 20.9. The number of nitrogens with zero attached hydrogens (tertiary/aromatic N) is 5. The molecule has 1 unspecified atom stereocenters. The second kappa shape index (κ2) is 6.71. The molecule has 2 aromatic rings. The summed E-state index contributed by atoms with van der Waals surface area (Å²) < 4.78 is 39.6. The molecule has 152 valence electrons. The van der Waals surface area contributed by atoms with Gasteiger partial charge >= 0.3 is 12.1 Å². The van der Waals surface area contributed by atoms with E-state index < -0.39 is 23.5 Å². The molecule has 0 radical (unpaired) electrons.